The minimum atomic E-state index is -0.303. The van der Waals surface area contributed by atoms with Gasteiger partial charge in [0.15, 0.2) is 11.3 Å². The van der Waals surface area contributed by atoms with Crippen LogP contribution in [0.1, 0.15) is 24.2 Å². The SMILES string of the molecule is Cc1[nH]nc2c(NC(C)c3cccc(N4CCOC4=O)c3)ncnc12. The smallest absolute Gasteiger partial charge is 0.414 e. The summed E-state index contributed by atoms with van der Waals surface area (Å²) in [6.07, 6.45) is 1.22. The molecule has 2 N–H and O–H groups in total. The van der Waals surface area contributed by atoms with Crippen molar-refractivity contribution in [2.75, 3.05) is 23.4 Å². The molecule has 0 bridgehead atoms. The first kappa shape index (κ1) is 15.4. The summed E-state index contributed by atoms with van der Waals surface area (Å²) in [6.45, 7) is 4.96. The van der Waals surface area contributed by atoms with Gasteiger partial charge >= 0.3 is 6.09 Å². The molecule has 25 heavy (non-hydrogen) atoms. The van der Waals surface area contributed by atoms with Crippen LogP contribution < -0.4 is 10.2 Å². The van der Waals surface area contributed by atoms with Crippen LogP contribution in [-0.2, 0) is 4.74 Å². The molecule has 0 aliphatic carbocycles. The van der Waals surface area contributed by atoms with Gasteiger partial charge in [-0.1, -0.05) is 12.1 Å². The van der Waals surface area contributed by atoms with Crippen LogP contribution in [0, 0.1) is 6.92 Å². The van der Waals surface area contributed by atoms with Gasteiger partial charge in [0.2, 0.25) is 0 Å². The number of rotatable bonds is 4. The first-order valence-electron chi connectivity index (χ1n) is 8.10. The lowest BCUT2D eigenvalue weighted by Gasteiger charge is -2.18. The molecule has 1 aliphatic rings. The van der Waals surface area contributed by atoms with Gasteiger partial charge < -0.3 is 10.1 Å². The van der Waals surface area contributed by atoms with Crippen LogP contribution in [-0.4, -0.2) is 39.4 Å². The number of aromatic amines is 1. The van der Waals surface area contributed by atoms with Gasteiger partial charge in [-0.3, -0.25) is 10.00 Å². The van der Waals surface area contributed by atoms with E-state index in [2.05, 4.69) is 25.5 Å². The van der Waals surface area contributed by atoms with E-state index in [1.54, 1.807) is 4.90 Å². The van der Waals surface area contributed by atoms with Gasteiger partial charge in [-0.15, -0.1) is 0 Å². The van der Waals surface area contributed by atoms with Crippen molar-refractivity contribution in [1.29, 1.82) is 0 Å². The molecule has 0 radical (unpaired) electrons. The highest BCUT2D eigenvalue weighted by atomic mass is 16.6. The van der Waals surface area contributed by atoms with Crippen molar-refractivity contribution in [3.8, 4) is 0 Å². The van der Waals surface area contributed by atoms with Crippen molar-refractivity contribution < 1.29 is 9.53 Å². The van der Waals surface area contributed by atoms with Crippen LogP contribution in [0.2, 0.25) is 0 Å². The first-order valence-corrected chi connectivity index (χ1v) is 8.10. The molecule has 1 unspecified atom stereocenters. The molecule has 1 atom stereocenters. The number of anilines is 2. The Morgan fingerprint density at radius 1 is 1.32 bits per heavy atom. The molecule has 8 heteroatoms. The average molecular weight is 338 g/mol. The Balaban J connectivity index is 1.60. The van der Waals surface area contributed by atoms with Crippen molar-refractivity contribution >= 4 is 28.6 Å². The normalized spacial score (nSPS) is 15.4. The van der Waals surface area contributed by atoms with Gasteiger partial charge in [-0.05, 0) is 31.5 Å². The molecule has 3 aromatic rings. The minimum absolute atomic E-state index is 0.0197. The summed E-state index contributed by atoms with van der Waals surface area (Å²) in [5.74, 6) is 0.674. The first-order chi connectivity index (χ1) is 12.1. The second kappa shape index (κ2) is 6.04. The molecule has 1 aromatic carbocycles. The second-order valence-electron chi connectivity index (χ2n) is 6.00. The zero-order valence-electron chi connectivity index (χ0n) is 14.0. The van der Waals surface area contributed by atoms with E-state index < -0.39 is 0 Å². The Morgan fingerprint density at radius 3 is 3.00 bits per heavy atom. The highest BCUT2D eigenvalue weighted by molar-refractivity contribution is 5.89. The molecule has 1 amide bonds. The van der Waals surface area contributed by atoms with Crippen LogP contribution in [0.25, 0.3) is 11.0 Å². The van der Waals surface area contributed by atoms with Crippen LogP contribution >= 0.6 is 0 Å². The fourth-order valence-electron chi connectivity index (χ4n) is 2.94. The third-order valence-corrected chi connectivity index (χ3v) is 4.31. The Kier molecular flexibility index (Phi) is 3.72. The molecule has 2 aromatic heterocycles. The number of carbonyl (C=O) groups is 1. The van der Waals surface area contributed by atoms with Crippen molar-refractivity contribution in [3.05, 3.63) is 41.9 Å². The zero-order valence-corrected chi connectivity index (χ0v) is 14.0. The highest BCUT2D eigenvalue weighted by Gasteiger charge is 2.24. The van der Waals surface area contributed by atoms with Crippen molar-refractivity contribution in [1.82, 2.24) is 20.2 Å². The molecular formula is C17H18N6O2. The number of benzene rings is 1. The Bertz CT molecular complexity index is 938. The number of aromatic nitrogens is 4. The molecule has 0 spiro atoms. The summed E-state index contributed by atoms with van der Waals surface area (Å²) >= 11 is 0. The number of amides is 1. The van der Waals surface area contributed by atoms with E-state index >= 15 is 0 Å². The third-order valence-electron chi connectivity index (χ3n) is 4.31. The number of carbonyl (C=O) groups excluding carboxylic acids is 1. The lowest BCUT2D eigenvalue weighted by atomic mass is 10.1. The van der Waals surface area contributed by atoms with E-state index in [-0.39, 0.29) is 12.1 Å². The maximum Gasteiger partial charge on any atom is 0.414 e. The van der Waals surface area contributed by atoms with Crippen molar-refractivity contribution in [2.24, 2.45) is 0 Å². The summed E-state index contributed by atoms with van der Waals surface area (Å²) in [5, 5.41) is 10.6. The zero-order chi connectivity index (χ0) is 17.4. The lowest BCUT2D eigenvalue weighted by Crippen LogP contribution is -2.23. The molecule has 1 aliphatic heterocycles. The Labute approximate surface area is 144 Å². The lowest BCUT2D eigenvalue weighted by molar-refractivity contribution is 0.181. The second-order valence-corrected chi connectivity index (χ2v) is 6.00. The number of hydrogen-bond acceptors (Lipinski definition) is 6. The van der Waals surface area contributed by atoms with Crippen LogP contribution in [0.15, 0.2) is 30.6 Å². The largest absolute Gasteiger partial charge is 0.447 e. The number of H-pyrrole nitrogens is 1. The Hall–Kier alpha value is -3.16. The summed E-state index contributed by atoms with van der Waals surface area (Å²) in [5.41, 5.74) is 4.29. The number of nitrogens with zero attached hydrogens (tertiary/aromatic N) is 4. The minimum Gasteiger partial charge on any atom is -0.447 e. The van der Waals surface area contributed by atoms with Gasteiger partial charge in [0.25, 0.3) is 0 Å². The molecule has 0 saturated carbocycles. The topological polar surface area (TPSA) is 96.0 Å². The van der Waals surface area contributed by atoms with Crippen LogP contribution in [0.4, 0.5) is 16.3 Å². The number of nitrogens with one attached hydrogen (secondary N) is 2. The fraction of sp³-hybridized carbons (Fsp3) is 0.294. The van der Waals surface area contributed by atoms with E-state index in [0.717, 1.165) is 22.5 Å². The maximum atomic E-state index is 11.8. The number of cyclic esters (lactones) is 1. The summed E-state index contributed by atoms with van der Waals surface area (Å²) < 4.78 is 5.01. The summed E-state index contributed by atoms with van der Waals surface area (Å²) in [6, 6.07) is 7.81. The Morgan fingerprint density at radius 2 is 2.20 bits per heavy atom. The van der Waals surface area contributed by atoms with Crippen molar-refractivity contribution in [2.45, 2.75) is 19.9 Å². The molecule has 4 rings (SSSR count). The molecular weight excluding hydrogens is 320 g/mol. The highest BCUT2D eigenvalue weighted by Crippen LogP contribution is 2.27. The molecule has 1 saturated heterocycles. The maximum absolute atomic E-state index is 11.8. The molecule has 1 fully saturated rings. The third kappa shape index (κ3) is 2.75. The monoisotopic (exact) mass is 338 g/mol. The van der Waals surface area contributed by atoms with E-state index in [9.17, 15) is 4.79 Å². The van der Waals surface area contributed by atoms with Gasteiger partial charge in [-0.25, -0.2) is 14.8 Å². The van der Waals surface area contributed by atoms with E-state index in [0.29, 0.717) is 24.5 Å². The number of aryl methyl sites for hydroxylation is 1. The summed E-state index contributed by atoms with van der Waals surface area (Å²) in [4.78, 5) is 22.0. The number of hydrogen-bond donors (Lipinski definition) is 2. The van der Waals surface area contributed by atoms with E-state index in [4.69, 9.17) is 4.74 Å². The van der Waals surface area contributed by atoms with E-state index in [1.165, 1.54) is 6.33 Å². The standard InChI is InChI=1S/C17H18N6O2/c1-10(20-16-15-14(18-9-19-16)11(2)21-22-15)12-4-3-5-13(8-12)23-6-7-25-17(23)24/h3-5,8-10H,6-7H2,1-2H3,(H,21,22)(H,18,19,20). The van der Waals surface area contributed by atoms with Gasteiger partial charge in [0.05, 0.1) is 18.3 Å². The van der Waals surface area contributed by atoms with Gasteiger partial charge in [-0.2, -0.15) is 5.10 Å². The quantitative estimate of drug-likeness (QED) is 0.759. The molecule has 3 heterocycles. The molecule has 8 nitrogen and oxygen atoms in total. The van der Waals surface area contributed by atoms with Gasteiger partial charge in [0.1, 0.15) is 18.5 Å². The molecule has 128 valence electrons. The predicted molar refractivity (Wildman–Crippen MR) is 93.6 cm³/mol. The number of fused-ring (bicyclic) bond motifs is 1. The fourth-order valence-corrected chi connectivity index (χ4v) is 2.94. The van der Waals surface area contributed by atoms with E-state index in [1.807, 2.05) is 38.1 Å². The van der Waals surface area contributed by atoms with Crippen LogP contribution in [0.5, 0.6) is 0 Å². The number of ether oxygens (including phenoxy) is 1. The summed E-state index contributed by atoms with van der Waals surface area (Å²) in [7, 11) is 0. The van der Waals surface area contributed by atoms with Crippen LogP contribution in [0.3, 0.4) is 0 Å². The average Bonchev–Trinajstić information content (AvgIpc) is 3.22. The van der Waals surface area contributed by atoms with Gasteiger partial charge in [0, 0.05) is 5.69 Å². The predicted octanol–water partition coefficient (Wildman–Crippen LogP) is 2.79. The van der Waals surface area contributed by atoms with Crippen molar-refractivity contribution in [3.63, 3.8) is 0 Å².